The van der Waals surface area contributed by atoms with Crippen molar-refractivity contribution in [3.63, 3.8) is 0 Å². The quantitative estimate of drug-likeness (QED) is 0.804. The SMILES string of the molecule is COC(=O)C1(NS(=O)(=O)c2ccc3c(c2)CC(C)N3C(C)=O)CCCC1. The zero-order valence-corrected chi connectivity index (χ0v) is 16.1. The number of rotatable bonds is 4. The molecule has 2 aliphatic rings. The lowest BCUT2D eigenvalue weighted by molar-refractivity contribution is -0.147. The Bertz CT molecular complexity index is 843. The molecule has 1 unspecified atom stereocenters. The van der Waals surface area contributed by atoms with E-state index >= 15 is 0 Å². The number of nitrogens with zero attached hydrogens (tertiary/aromatic N) is 1. The smallest absolute Gasteiger partial charge is 0.327 e. The van der Waals surface area contributed by atoms with E-state index in [-0.39, 0.29) is 16.8 Å². The van der Waals surface area contributed by atoms with Crippen LogP contribution in [0.2, 0.25) is 0 Å². The molecule has 26 heavy (non-hydrogen) atoms. The van der Waals surface area contributed by atoms with Gasteiger partial charge in [0.15, 0.2) is 0 Å². The first-order chi connectivity index (χ1) is 12.2. The van der Waals surface area contributed by atoms with Crippen LogP contribution >= 0.6 is 0 Å². The first-order valence-corrected chi connectivity index (χ1v) is 10.2. The maximum absolute atomic E-state index is 12.9. The van der Waals surface area contributed by atoms with Gasteiger partial charge in [-0.2, -0.15) is 4.72 Å². The average Bonchev–Trinajstić information content (AvgIpc) is 3.16. The Labute approximate surface area is 153 Å². The first-order valence-electron chi connectivity index (χ1n) is 8.75. The summed E-state index contributed by atoms with van der Waals surface area (Å²) >= 11 is 0. The highest BCUT2D eigenvalue weighted by molar-refractivity contribution is 7.89. The number of amides is 1. The molecule has 1 heterocycles. The van der Waals surface area contributed by atoms with Crippen LogP contribution in [0.5, 0.6) is 0 Å². The van der Waals surface area contributed by atoms with E-state index in [4.69, 9.17) is 4.74 Å². The molecule has 3 rings (SSSR count). The predicted octanol–water partition coefficient (Wildman–Crippen LogP) is 1.75. The van der Waals surface area contributed by atoms with Crippen LogP contribution in [-0.2, 0) is 30.8 Å². The Morgan fingerprint density at radius 3 is 2.50 bits per heavy atom. The van der Waals surface area contributed by atoms with E-state index in [1.165, 1.54) is 20.1 Å². The van der Waals surface area contributed by atoms with Crippen molar-refractivity contribution in [1.82, 2.24) is 4.72 Å². The normalized spacial score (nSPS) is 21.5. The minimum Gasteiger partial charge on any atom is -0.468 e. The molecule has 0 spiro atoms. The molecule has 1 N–H and O–H groups in total. The number of anilines is 1. The van der Waals surface area contributed by atoms with E-state index in [1.807, 2.05) is 6.92 Å². The summed E-state index contributed by atoms with van der Waals surface area (Å²) in [6.07, 6.45) is 3.00. The summed E-state index contributed by atoms with van der Waals surface area (Å²) in [6, 6.07) is 4.73. The molecule has 8 heteroatoms. The molecule has 1 fully saturated rings. The van der Waals surface area contributed by atoms with Crippen molar-refractivity contribution < 1.29 is 22.7 Å². The number of fused-ring (bicyclic) bond motifs is 1. The number of hydrogen-bond donors (Lipinski definition) is 1. The van der Waals surface area contributed by atoms with Crippen molar-refractivity contribution in [3.05, 3.63) is 23.8 Å². The number of esters is 1. The Morgan fingerprint density at radius 2 is 1.92 bits per heavy atom. The van der Waals surface area contributed by atoms with Crippen LogP contribution in [0.1, 0.15) is 45.1 Å². The van der Waals surface area contributed by atoms with Gasteiger partial charge in [-0.1, -0.05) is 12.8 Å². The Kier molecular flexibility index (Phi) is 4.83. The van der Waals surface area contributed by atoms with E-state index in [9.17, 15) is 18.0 Å². The molecule has 142 valence electrons. The molecule has 0 saturated heterocycles. The number of carbonyl (C=O) groups is 2. The summed E-state index contributed by atoms with van der Waals surface area (Å²) in [5.41, 5.74) is 0.368. The molecule has 7 nitrogen and oxygen atoms in total. The van der Waals surface area contributed by atoms with Crippen molar-refractivity contribution in [2.75, 3.05) is 12.0 Å². The lowest BCUT2D eigenvalue weighted by atomic mass is 10.00. The fourth-order valence-corrected chi connectivity index (χ4v) is 5.56. The molecule has 0 bridgehead atoms. The van der Waals surface area contributed by atoms with E-state index in [0.717, 1.165) is 24.1 Å². The van der Waals surface area contributed by atoms with Gasteiger partial charge in [0.05, 0.1) is 12.0 Å². The topological polar surface area (TPSA) is 92.8 Å². The molecule has 1 amide bonds. The lowest BCUT2D eigenvalue weighted by Gasteiger charge is -2.27. The number of sulfonamides is 1. The molecule has 0 radical (unpaired) electrons. The maximum Gasteiger partial charge on any atom is 0.327 e. The molecule has 1 saturated carbocycles. The zero-order chi connectivity index (χ0) is 19.1. The second kappa shape index (κ2) is 6.66. The van der Waals surface area contributed by atoms with Crippen molar-refractivity contribution in [2.45, 2.75) is 62.4 Å². The van der Waals surface area contributed by atoms with Crippen molar-refractivity contribution in [1.29, 1.82) is 0 Å². The molecular weight excluding hydrogens is 356 g/mol. The third-order valence-corrected chi connectivity index (χ3v) is 6.81. The van der Waals surface area contributed by atoms with Gasteiger partial charge in [0, 0.05) is 18.7 Å². The van der Waals surface area contributed by atoms with Crippen LogP contribution in [0.4, 0.5) is 5.69 Å². The summed E-state index contributed by atoms with van der Waals surface area (Å²) in [7, 11) is -2.62. The summed E-state index contributed by atoms with van der Waals surface area (Å²) in [4.78, 5) is 25.8. The highest BCUT2D eigenvalue weighted by atomic mass is 32.2. The third-order valence-electron chi connectivity index (χ3n) is 5.28. The van der Waals surface area contributed by atoms with Crippen LogP contribution in [0, 0.1) is 0 Å². The number of benzene rings is 1. The summed E-state index contributed by atoms with van der Waals surface area (Å²) in [5.74, 6) is -0.614. The average molecular weight is 380 g/mol. The Balaban J connectivity index is 1.93. The molecular formula is C18H24N2O5S. The minimum absolute atomic E-state index is 0.00958. The van der Waals surface area contributed by atoms with E-state index in [0.29, 0.717) is 19.3 Å². The Hall–Kier alpha value is -1.93. The Morgan fingerprint density at radius 1 is 1.27 bits per heavy atom. The molecule has 1 atom stereocenters. The fraction of sp³-hybridized carbons (Fsp3) is 0.556. The van der Waals surface area contributed by atoms with Crippen molar-refractivity contribution >= 4 is 27.6 Å². The van der Waals surface area contributed by atoms with Crippen LogP contribution < -0.4 is 9.62 Å². The van der Waals surface area contributed by atoms with Gasteiger partial charge >= 0.3 is 5.97 Å². The van der Waals surface area contributed by atoms with Gasteiger partial charge in [0.2, 0.25) is 15.9 Å². The maximum atomic E-state index is 12.9. The molecule has 1 aliphatic heterocycles. The monoisotopic (exact) mass is 380 g/mol. The van der Waals surface area contributed by atoms with E-state index in [2.05, 4.69) is 4.72 Å². The van der Waals surface area contributed by atoms with Gasteiger partial charge in [0.25, 0.3) is 0 Å². The third kappa shape index (κ3) is 3.12. The second-order valence-corrected chi connectivity index (χ2v) is 8.80. The summed E-state index contributed by atoms with van der Waals surface area (Å²) in [5, 5.41) is 0. The molecule has 1 aromatic rings. The second-order valence-electron chi connectivity index (χ2n) is 7.12. The van der Waals surface area contributed by atoms with Gasteiger partial charge in [-0.25, -0.2) is 8.42 Å². The van der Waals surface area contributed by atoms with Crippen molar-refractivity contribution in [3.8, 4) is 0 Å². The van der Waals surface area contributed by atoms with Gasteiger partial charge in [0.1, 0.15) is 5.54 Å². The van der Waals surface area contributed by atoms with Crippen molar-refractivity contribution in [2.24, 2.45) is 0 Å². The van der Waals surface area contributed by atoms with E-state index in [1.54, 1.807) is 17.0 Å². The number of hydrogen-bond acceptors (Lipinski definition) is 5. The van der Waals surface area contributed by atoms with Gasteiger partial charge in [-0.3, -0.25) is 9.59 Å². The molecule has 1 aromatic carbocycles. The summed E-state index contributed by atoms with van der Waals surface area (Å²) < 4.78 is 33.2. The van der Waals surface area contributed by atoms with Gasteiger partial charge in [-0.05, 0) is 49.9 Å². The number of methoxy groups -OCH3 is 1. The van der Waals surface area contributed by atoms with E-state index < -0.39 is 21.5 Å². The highest BCUT2D eigenvalue weighted by Crippen LogP contribution is 2.36. The van der Waals surface area contributed by atoms with Crippen LogP contribution in [0.3, 0.4) is 0 Å². The number of carbonyl (C=O) groups excluding carboxylic acids is 2. The minimum atomic E-state index is -3.89. The number of nitrogens with one attached hydrogen (secondary N) is 1. The van der Waals surface area contributed by atoms with Crippen LogP contribution in [0.25, 0.3) is 0 Å². The standard InChI is InChI=1S/C18H24N2O5S/c1-12-10-14-11-15(6-7-16(14)20(12)13(2)21)26(23,24)19-18(17(22)25-3)8-4-5-9-18/h6-7,11-12,19H,4-5,8-10H2,1-3H3. The largest absolute Gasteiger partial charge is 0.468 e. The fourth-order valence-electron chi connectivity index (χ4n) is 4.09. The first kappa shape index (κ1) is 18.8. The van der Waals surface area contributed by atoms with Gasteiger partial charge in [-0.15, -0.1) is 0 Å². The van der Waals surface area contributed by atoms with Crippen LogP contribution in [0.15, 0.2) is 23.1 Å². The summed E-state index contributed by atoms with van der Waals surface area (Å²) in [6.45, 7) is 3.43. The zero-order valence-electron chi connectivity index (χ0n) is 15.2. The molecule has 0 aromatic heterocycles. The van der Waals surface area contributed by atoms with Gasteiger partial charge < -0.3 is 9.64 Å². The highest BCUT2D eigenvalue weighted by Gasteiger charge is 2.45. The molecule has 1 aliphatic carbocycles. The van der Waals surface area contributed by atoms with Crippen LogP contribution in [-0.4, -0.2) is 39.0 Å². The lowest BCUT2D eigenvalue weighted by Crippen LogP contribution is -2.52. The predicted molar refractivity (Wildman–Crippen MR) is 96.3 cm³/mol. The number of ether oxygens (including phenoxy) is 1.